The second kappa shape index (κ2) is 10.6. The Hall–Kier alpha value is -3.59. The molecule has 0 spiro atoms. The molecule has 3 unspecified atom stereocenters. The van der Waals surface area contributed by atoms with Crippen molar-refractivity contribution in [3.8, 4) is 11.1 Å². The number of imidazole rings is 1. The Morgan fingerprint density at radius 1 is 1.14 bits per heavy atom. The van der Waals surface area contributed by atoms with Gasteiger partial charge in [-0.25, -0.2) is 4.98 Å². The summed E-state index contributed by atoms with van der Waals surface area (Å²) in [4.78, 5) is 8.28. The molecule has 2 aromatic carbocycles. The Balaban J connectivity index is 1.28. The standard InChI is InChI=1S/C28H31N5O3/c1-3-25(33-13-12-29-28(33)18(2)34)27(35)20-10-8-19(9-11-20)23-6-4-5-7-24(23)21-14-22(15-21)30-16-26-31-17-36-32-26/h3-13,17-18,21-22,25,27,30,34-35H,1,14-16H2,2H3. The molecule has 0 saturated heterocycles. The molecule has 1 saturated carbocycles. The van der Waals surface area contributed by atoms with Crippen LogP contribution < -0.4 is 5.32 Å². The summed E-state index contributed by atoms with van der Waals surface area (Å²) in [6.45, 7) is 6.18. The molecule has 1 aliphatic carbocycles. The van der Waals surface area contributed by atoms with E-state index in [1.807, 2.05) is 12.1 Å². The van der Waals surface area contributed by atoms with Crippen LogP contribution in [-0.4, -0.2) is 35.9 Å². The normalized spacial score (nSPS) is 19.9. The van der Waals surface area contributed by atoms with Gasteiger partial charge in [0.1, 0.15) is 18.0 Å². The molecule has 1 aliphatic rings. The molecule has 186 valence electrons. The molecule has 36 heavy (non-hydrogen) atoms. The number of hydrogen-bond acceptors (Lipinski definition) is 7. The second-order valence-electron chi connectivity index (χ2n) is 9.34. The predicted molar refractivity (Wildman–Crippen MR) is 136 cm³/mol. The van der Waals surface area contributed by atoms with E-state index in [1.54, 1.807) is 30.0 Å². The van der Waals surface area contributed by atoms with Gasteiger partial charge in [0, 0.05) is 18.4 Å². The Bertz CT molecular complexity index is 1280. The van der Waals surface area contributed by atoms with Gasteiger partial charge in [0.15, 0.2) is 5.82 Å². The van der Waals surface area contributed by atoms with Crippen LogP contribution in [0.15, 0.2) is 84.5 Å². The van der Waals surface area contributed by atoms with Crippen LogP contribution in [0.5, 0.6) is 0 Å². The molecule has 4 aromatic rings. The first-order valence-electron chi connectivity index (χ1n) is 12.2. The van der Waals surface area contributed by atoms with Gasteiger partial charge in [-0.3, -0.25) is 0 Å². The maximum Gasteiger partial charge on any atom is 0.213 e. The molecule has 5 rings (SSSR count). The van der Waals surface area contributed by atoms with E-state index in [0.717, 1.165) is 24.0 Å². The van der Waals surface area contributed by atoms with Crippen LogP contribution >= 0.6 is 0 Å². The van der Waals surface area contributed by atoms with Crippen LogP contribution in [0.25, 0.3) is 11.1 Å². The molecule has 2 aromatic heterocycles. The van der Waals surface area contributed by atoms with Crippen LogP contribution in [0.1, 0.15) is 66.7 Å². The smallest absolute Gasteiger partial charge is 0.213 e. The molecule has 3 N–H and O–H groups in total. The summed E-state index contributed by atoms with van der Waals surface area (Å²) in [5.41, 5.74) is 4.45. The largest absolute Gasteiger partial charge is 0.386 e. The molecule has 0 radical (unpaired) electrons. The van der Waals surface area contributed by atoms with E-state index in [4.69, 9.17) is 4.52 Å². The van der Waals surface area contributed by atoms with Gasteiger partial charge in [-0.15, -0.1) is 6.58 Å². The van der Waals surface area contributed by atoms with E-state index in [2.05, 4.69) is 63.4 Å². The zero-order chi connectivity index (χ0) is 25.1. The molecular weight excluding hydrogens is 454 g/mol. The van der Waals surface area contributed by atoms with E-state index in [0.29, 0.717) is 30.2 Å². The number of aliphatic hydroxyl groups is 2. The van der Waals surface area contributed by atoms with Gasteiger partial charge in [0.2, 0.25) is 6.39 Å². The molecule has 0 aliphatic heterocycles. The average Bonchev–Trinajstić information content (AvgIpc) is 3.57. The first-order valence-corrected chi connectivity index (χ1v) is 12.2. The molecule has 0 amide bonds. The SMILES string of the molecule is C=CC(C(O)c1ccc(-c2ccccc2C2CC(NCc3ncon3)C2)cc1)n1ccnc1C(C)O. The van der Waals surface area contributed by atoms with Crippen molar-refractivity contribution in [2.24, 2.45) is 0 Å². The van der Waals surface area contributed by atoms with Gasteiger partial charge in [-0.05, 0) is 47.9 Å². The van der Waals surface area contributed by atoms with Gasteiger partial charge >= 0.3 is 0 Å². The zero-order valence-corrected chi connectivity index (χ0v) is 20.2. The van der Waals surface area contributed by atoms with Gasteiger partial charge in [-0.2, -0.15) is 4.98 Å². The second-order valence-corrected chi connectivity index (χ2v) is 9.34. The minimum absolute atomic E-state index is 0.435. The van der Waals surface area contributed by atoms with E-state index >= 15 is 0 Å². The molecule has 8 nitrogen and oxygen atoms in total. The van der Waals surface area contributed by atoms with Crippen LogP contribution in [0.3, 0.4) is 0 Å². The highest BCUT2D eigenvalue weighted by Gasteiger charge is 2.31. The molecular formula is C28H31N5O3. The predicted octanol–water partition coefficient (Wildman–Crippen LogP) is 4.48. The summed E-state index contributed by atoms with van der Waals surface area (Å²) in [5.74, 6) is 1.66. The quantitative estimate of drug-likeness (QED) is 0.284. The Morgan fingerprint density at radius 3 is 2.61 bits per heavy atom. The molecule has 1 fully saturated rings. The van der Waals surface area contributed by atoms with E-state index in [-0.39, 0.29) is 0 Å². The number of hydrogen-bond donors (Lipinski definition) is 3. The lowest BCUT2D eigenvalue weighted by Crippen LogP contribution is -2.40. The summed E-state index contributed by atoms with van der Waals surface area (Å²) in [7, 11) is 0. The third-order valence-electron chi connectivity index (χ3n) is 7.02. The minimum Gasteiger partial charge on any atom is -0.386 e. The Morgan fingerprint density at radius 2 is 1.92 bits per heavy atom. The van der Waals surface area contributed by atoms with Crippen molar-refractivity contribution in [3.63, 3.8) is 0 Å². The Labute approximate surface area is 210 Å². The minimum atomic E-state index is -0.823. The van der Waals surface area contributed by atoms with Crippen molar-refractivity contribution in [1.82, 2.24) is 25.0 Å². The van der Waals surface area contributed by atoms with Crippen molar-refractivity contribution >= 4 is 0 Å². The first-order chi connectivity index (χ1) is 17.5. The lowest BCUT2D eigenvalue weighted by Gasteiger charge is -2.37. The van der Waals surface area contributed by atoms with Crippen molar-refractivity contribution in [2.45, 2.75) is 56.5 Å². The van der Waals surface area contributed by atoms with Crippen LogP contribution in [0.4, 0.5) is 0 Å². The molecule has 3 atom stereocenters. The van der Waals surface area contributed by atoms with Crippen LogP contribution in [-0.2, 0) is 6.54 Å². The topological polar surface area (TPSA) is 109 Å². The van der Waals surface area contributed by atoms with Crippen LogP contribution in [0, 0.1) is 0 Å². The number of nitrogens with one attached hydrogen (secondary N) is 1. The van der Waals surface area contributed by atoms with Crippen molar-refractivity contribution < 1.29 is 14.7 Å². The molecule has 2 heterocycles. The number of benzene rings is 2. The molecule has 0 bridgehead atoms. The highest BCUT2D eigenvalue weighted by atomic mass is 16.5. The van der Waals surface area contributed by atoms with Gasteiger partial charge in [0.05, 0.1) is 12.6 Å². The van der Waals surface area contributed by atoms with Gasteiger partial charge < -0.3 is 24.6 Å². The van der Waals surface area contributed by atoms with Crippen molar-refractivity contribution in [3.05, 3.63) is 103 Å². The number of aliphatic hydroxyl groups excluding tert-OH is 2. The van der Waals surface area contributed by atoms with E-state index in [9.17, 15) is 10.2 Å². The summed E-state index contributed by atoms with van der Waals surface area (Å²) < 4.78 is 6.56. The zero-order valence-electron chi connectivity index (χ0n) is 20.2. The van der Waals surface area contributed by atoms with Crippen molar-refractivity contribution in [1.29, 1.82) is 0 Å². The van der Waals surface area contributed by atoms with Crippen LogP contribution in [0.2, 0.25) is 0 Å². The fourth-order valence-electron chi connectivity index (χ4n) is 5.01. The molecule has 8 heteroatoms. The fraction of sp³-hybridized carbons (Fsp3) is 0.321. The first kappa shape index (κ1) is 24.1. The van der Waals surface area contributed by atoms with Crippen molar-refractivity contribution in [2.75, 3.05) is 0 Å². The third-order valence-corrected chi connectivity index (χ3v) is 7.02. The number of rotatable bonds is 10. The summed E-state index contributed by atoms with van der Waals surface area (Å²) >= 11 is 0. The highest BCUT2D eigenvalue weighted by molar-refractivity contribution is 5.68. The Kier molecular flexibility index (Phi) is 7.09. The van der Waals surface area contributed by atoms with E-state index in [1.165, 1.54) is 17.5 Å². The monoisotopic (exact) mass is 485 g/mol. The van der Waals surface area contributed by atoms with E-state index < -0.39 is 18.2 Å². The lowest BCUT2D eigenvalue weighted by atomic mass is 9.73. The summed E-state index contributed by atoms with van der Waals surface area (Å²) in [5, 5.41) is 28.5. The number of aromatic nitrogens is 4. The van der Waals surface area contributed by atoms with Gasteiger partial charge in [-0.1, -0.05) is 59.8 Å². The average molecular weight is 486 g/mol. The lowest BCUT2D eigenvalue weighted by molar-refractivity contribution is 0.123. The maximum atomic E-state index is 11.1. The third kappa shape index (κ3) is 4.88. The summed E-state index contributed by atoms with van der Waals surface area (Å²) in [6.07, 6.45) is 6.96. The highest BCUT2D eigenvalue weighted by Crippen LogP contribution is 2.42. The maximum absolute atomic E-state index is 11.1. The number of nitrogens with zero attached hydrogens (tertiary/aromatic N) is 4. The van der Waals surface area contributed by atoms with Gasteiger partial charge in [0.25, 0.3) is 0 Å². The summed E-state index contributed by atoms with van der Waals surface area (Å²) in [6, 6.07) is 16.6. The fourth-order valence-corrected chi connectivity index (χ4v) is 5.01.